The van der Waals surface area contributed by atoms with Crippen molar-refractivity contribution in [3.63, 3.8) is 0 Å². The van der Waals surface area contributed by atoms with Crippen molar-refractivity contribution in [3.05, 3.63) is 145 Å². The number of hydrogen-bond acceptors (Lipinski definition) is 2. The van der Waals surface area contributed by atoms with Crippen LogP contribution in [0.15, 0.2) is 133 Å². The Morgan fingerprint density at radius 1 is 0.488 bits per heavy atom. The number of anilines is 2. The van der Waals surface area contributed by atoms with Crippen molar-refractivity contribution >= 4 is 42.9 Å². The Labute approximate surface area is 244 Å². The SMILES string of the molecule is CC1(C)c2ccccc2-c2ccc(Nc3ccc(-c4ccccc4)c(-c4cccc5sc6ccccc6c45)c3)cc21. The lowest BCUT2D eigenvalue weighted by Crippen LogP contribution is -2.15. The average molecular weight is 544 g/mol. The third kappa shape index (κ3) is 3.83. The molecule has 0 amide bonds. The summed E-state index contributed by atoms with van der Waals surface area (Å²) in [6.07, 6.45) is 0. The van der Waals surface area contributed by atoms with Gasteiger partial charge in [0.1, 0.15) is 0 Å². The molecule has 196 valence electrons. The van der Waals surface area contributed by atoms with Crippen LogP contribution in [0.3, 0.4) is 0 Å². The molecule has 1 nitrogen and oxygen atoms in total. The quantitative estimate of drug-likeness (QED) is 0.233. The van der Waals surface area contributed by atoms with Gasteiger partial charge in [-0.25, -0.2) is 0 Å². The Morgan fingerprint density at radius 3 is 2.02 bits per heavy atom. The van der Waals surface area contributed by atoms with Gasteiger partial charge in [-0.3, -0.25) is 0 Å². The molecule has 6 aromatic carbocycles. The first-order chi connectivity index (χ1) is 20.1. The van der Waals surface area contributed by atoms with Crippen LogP contribution in [0.25, 0.3) is 53.6 Å². The lowest BCUT2D eigenvalue weighted by molar-refractivity contribution is 0.660. The summed E-state index contributed by atoms with van der Waals surface area (Å²) in [7, 11) is 0. The van der Waals surface area contributed by atoms with E-state index >= 15 is 0 Å². The molecule has 1 heterocycles. The number of thiophene rings is 1. The fourth-order valence-corrected chi connectivity index (χ4v) is 7.79. The van der Waals surface area contributed by atoms with Crippen LogP contribution in [0.2, 0.25) is 0 Å². The molecule has 8 rings (SSSR count). The van der Waals surface area contributed by atoms with Crippen molar-refractivity contribution < 1.29 is 0 Å². The van der Waals surface area contributed by atoms with Crippen LogP contribution >= 0.6 is 11.3 Å². The Kier molecular flexibility index (Phi) is 5.42. The van der Waals surface area contributed by atoms with Crippen LogP contribution in [-0.4, -0.2) is 0 Å². The van der Waals surface area contributed by atoms with Gasteiger partial charge in [0.25, 0.3) is 0 Å². The summed E-state index contributed by atoms with van der Waals surface area (Å²) in [6, 6.07) is 48.7. The molecule has 0 bridgehead atoms. The third-order valence-electron chi connectivity index (χ3n) is 8.67. The first kappa shape index (κ1) is 24.2. The molecule has 0 saturated heterocycles. The van der Waals surface area contributed by atoms with Gasteiger partial charge in [0.15, 0.2) is 0 Å². The van der Waals surface area contributed by atoms with E-state index in [0.717, 1.165) is 11.4 Å². The molecule has 41 heavy (non-hydrogen) atoms. The van der Waals surface area contributed by atoms with Gasteiger partial charge in [-0.05, 0) is 80.9 Å². The maximum Gasteiger partial charge on any atom is 0.0390 e. The fourth-order valence-electron chi connectivity index (χ4n) is 6.66. The molecule has 0 spiro atoms. The standard InChI is InChI=1S/C39H29NS/c1-39(2)34-16-8-6-13-29(34)30-22-20-27(24-35(30)39)40-26-19-21-28(25-11-4-3-5-12-25)33(23-26)31-15-10-18-37-38(31)32-14-7-9-17-36(32)41-37/h3-24,40H,1-2H3. The molecule has 0 aliphatic heterocycles. The summed E-state index contributed by atoms with van der Waals surface area (Å²) in [5, 5.41) is 6.42. The second-order valence-electron chi connectivity index (χ2n) is 11.5. The number of benzene rings is 6. The van der Waals surface area contributed by atoms with E-state index in [2.05, 4.69) is 153 Å². The number of fused-ring (bicyclic) bond motifs is 6. The molecular formula is C39H29NS. The first-order valence-corrected chi connectivity index (χ1v) is 15.0. The summed E-state index contributed by atoms with van der Waals surface area (Å²) in [5.41, 5.74) is 12.6. The lowest BCUT2D eigenvalue weighted by atomic mass is 9.82. The Balaban J connectivity index is 1.27. The van der Waals surface area contributed by atoms with Gasteiger partial charge in [-0.2, -0.15) is 0 Å². The highest BCUT2D eigenvalue weighted by molar-refractivity contribution is 7.25. The molecule has 0 unspecified atom stereocenters. The van der Waals surface area contributed by atoms with Crippen LogP contribution in [-0.2, 0) is 5.41 Å². The number of hydrogen-bond donors (Lipinski definition) is 1. The maximum absolute atomic E-state index is 3.77. The highest BCUT2D eigenvalue weighted by atomic mass is 32.1. The van der Waals surface area contributed by atoms with E-state index in [1.165, 1.54) is 64.7 Å². The zero-order valence-electron chi connectivity index (χ0n) is 23.1. The summed E-state index contributed by atoms with van der Waals surface area (Å²) >= 11 is 1.87. The maximum atomic E-state index is 3.77. The minimum absolute atomic E-state index is 0.0262. The fraction of sp³-hybridized carbons (Fsp3) is 0.0769. The summed E-state index contributed by atoms with van der Waals surface area (Å²) < 4.78 is 2.65. The molecule has 0 radical (unpaired) electrons. The van der Waals surface area contributed by atoms with Crippen LogP contribution in [0.1, 0.15) is 25.0 Å². The Morgan fingerprint density at radius 2 is 1.15 bits per heavy atom. The van der Waals surface area contributed by atoms with Gasteiger partial charge in [0, 0.05) is 37.0 Å². The van der Waals surface area contributed by atoms with Crippen molar-refractivity contribution in [1.29, 1.82) is 0 Å². The van der Waals surface area contributed by atoms with E-state index in [9.17, 15) is 0 Å². The monoisotopic (exact) mass is 543 g/mol. The topological polar surface area (TPSA) is 12.0 Å². The van der Waals surface area contributed by atoms with Gasteiger partial charge in [-0.15, -0.1) is 11.3 Å². The van der Waals surface area contributed by atoms with E-state index in [1.54, 1.807) is 0 Å². The largest absolute Gasteiger partial charge is 0.355 e. The van der Waals surface area contributed by atoms with Crippen molar-refractivity contribution in [3.8, 4) is 33.4 Å². The normalized spacial score (nSPS) is 13.3. The predicted molar refractivity (Wildman–Crippen MR) is 177 cm³/mol. The molecule has 1 aliphatic carbocycles. The van der Waals surface area contributed by atoms with Crippen molar-refractivity contribution in [1.82, 2.24) is 0 Å². The second-order valence-corrected chi connectivity index (χ2v) is 12.5. The smallest absolute Gasteiger partial charge is 0.0390 e. The Bertz CT molecular complexity index is 2100. The zero-order chi connectivity index (χ0) is 27.6. The lowest BCUT2D eigenvalue weighted by Gasteiger charge is -2.22. The third-order valence-corrected chi connectivity index (χ3v) is 9.81. The van der Waals surface area contributed by atoms with E-state index in [4.69, 9.17) is 0 Å². The van der Waals surface area contributed by atoms with Crippen LogP contribution in [0.5, 0.6) is 0 Å². The van der Waals surface area contributed by atoms with Gasteiger partial charge >= 0.3 is 0 Å². The molecule has 2 heteroatoms. The molecule has 0 saturated carbocycles. The zero-order valence-corrected chi connectivity index (χ0v) is 23.9. The highest BCUT2D eigenvalue weighted by Crippen LogP contribution is 2.49. The van der Waals surface area contributed by atoms with Crippen molar-refractivity contribution in [2.75, 3.05) is 5.32 Å². The first-order valence-electron chi connectivity index (χ1n) is 14.2. The molecule has 1 aromatic heterocycles. The van der Waals surface area contributed by atoms with Crippen LogP contribution < -0.4 is 5.32 Å². The molecule has 0 fully saturated rings. The summed E-state index contributed by atoms with van der Waals surface area (Å²) in [5.74, 6) is 0. The van der Waals surface area contributed by atoms with Gasteiger partial charge in [-0.1, -0.05) is 111 Å². The number of nitrogens with one attached hydrogen (secondary N) is 1. The number of rotatable bonds is 4. The highest BCUT2D eigenvalue weighted by Gasteiger charge is 2.35. The van der Waals surface area contributed by atoms with E-state index in [1.807, 2.05) is 11.3 Å². The molecule has 1 aliphatic rings. The van der Waals surface area contributed by atoms with E-state index < -0.39 is 0 Å². The molecule has 7 aromatic rings. The van der Waals surface area contributed by atoms with Crippen molar-refractivity contribution in [2.45, 2.75) is 19.3 Å². The Hall–Kier alpha value is -4.66. The van der Waals surface area contributed by atoms with Gasteiger partial charge in [0.2, 0.25) is 0 Å². The van der Waals surface area contributed by atoms with Crippen LogP contribution in [0, 0.1) is 0 Å². The second kappa shape index (κ2) is 9.19. The minimum Gasteiger partial charge on any atom is -0.355 e. The van der Waals surface area contributed by atoms with E-state index in [0.29, 0.717) is 0 Å². The average Bonchev–Trinajstić information content (AvgIpc) is 3.50. The minimum atomic E-state index is -0.0262. The van der Waals surface area contributed by atoms with Gasteiger partial charge in [0.05, 0.1) is 0 Å². The molecule has 0 atom stereocenters. The summed E-state index contributed by atoms with van der Waals surface area (Å²) in [6.45, 7) is 4.67. The molecule has 1 N–H and O–H groups in total. The van der Waals surface area contributed by atoms with Crippen LogP contribution in [0.4, 0.5) is 11.4 Å². The molecular weight excluding hydrogens is 515 g/mol. The summed E-state index contributed by atoms with van der Waals surface area (Å²) in [4.78, 5) is 0. The van der Waals surface area contributed by atoms with E-state index in [-0.39, 0.29) is 5.41 Å². The van der Waals surface area contributed by atoms with Gasteiger partial charge < -0.3 is 5.32 Å². The predicted octanol–water partition coefficient (Wildman–Crippen LogP) is 11.4. The van der Waals surface area contributed by atoms with Crippen molar-refractivity contribution in [2.24, 2.45) is 0 Å².